The third-order valence-electron chi connectivity index (χ3n) is 3.25. The molecular weight excluding hydrogens is 257 g/mol. The Bertz CT molecular complexity index is 450. The maximum absolute atomic E-state index is 12.9. The van der Waals surface area contributed by atoms with Gasteiger partial charge in [-0.15, -0.1) is 0 Å². The summed E-state index contributed by atoms with van der Waals surface area (Å²) in [6.45, 7) is 1.48. The molecule has 2 rings (SSSR count). The molecule has 1 aliphatic heterocycles. The van der Waals surface area contributed by atoms with E-state index in [1.165, 1.54) is 6.92 Å². The zero-order valence-electron chi connectivity index (χ0n) is 9.25. The highest BCUT2D eigenvalue weighted by molar-refractivity contribution is 7.91. The second kappa shape index (κ2) is 3.98. The van der Waals surface area contributed by atoms with Gasteiger partial charge < -0.3 is 0 Å². The number of allylic oxidation sites excluding steroid dienone is 1. The molecule has 1 aliphatic carbocycles. The molecule has 0 fully saturated rings. The zero-order valence-corrected chi connectivity index (χ0v) is 10.1. The average Bonchev–Trinajstić information content (AvgIpc) is 2.38. The molecule has 1 heterocycles. The molecule has 0 saturated heterocycles. The van der Waals surface area contributed by atoms with Crippen molar-refractivity contribution in [2.24, 2.45) is 5.92 Å². The van der Waals surface area contributed by atoms with Crippen LogP contribution in [0.5, 0.6) is 0 Å². The molecule has 0 radical (unpaired) electrons. The number of hydrogen-bond acceptors (Lipinski definition) is 3. The summed E-state index contributed by atoms with van der Waals surface area (Å²) in [4.78, 5) is -0.519. The molecule has 0 bridgehead atoms. The average molecular weight is 270 g/mol. The first-order valence-corrected chi connectivity index (χ1v) is 6.87. The highest BCUT2D eigenvalue weighted by Crippen LogP contribution is 2.47. The highest BCUT2D eigenvalue weighted by Gasteiger charge is 2.51. The molecule has 0 aromatic carbocycles. The maximum Gasteiger partial charge on any atom is 0.396 e. The van der Waals surface area contributed by atoms with Crippen molar-refractivity contribution < 1.29 is 25.8 Å². The Kier molecular flexibility index (Phi) is 3.02. The lowest BCUT2D eigenvalue weighted by Crippen LogP contribution is -2.27. The minimum Gasteiger partial charge on any atom is -0.259 e. The van der Waals surface area contributed by atoms with E-state index in [0.29, 0.717) is 24.8 Å². The van der Waals surface area contributed by atoms with Crippen molar-refractivity contribution in [3.63, 3.8) is 0 Å². The molecule has 17 heavy (non-hydrogen) atoms. The maximum atomic E-state index is 12.9. The van der Waals surface area contributed by atoms with Crippen LogP contribution >= 0.6 is 0 Å². The van der Waals surface area contributed by atoms with E-state index in [0.717, 1.165) is 0 Å². The van der Waals surface area contributed by atoms with Gasteiger partial charge >= 0.3 is 6.18 Å². The standard InChI is InChI=1S/C10H13F3O3S/c1-6-7-4-2-3-5-8(10(11,12)13)9(7)17(14,15)16-6/h6,8H,2-5H2,1H3. The molecule has 0 amide bonds. The fraction of sp³-hybridized carbons (Fsp3) is 0.800. The van der Waals surface area contributed by atoms with Crippen LogP contribution in [0.1, 0.15) is 32.6 Å². The van der Waals surface area contributed by atoms with Gasteiger partial charge in [0.1, 0.15) is 0 Å². The molecule has 3 nitrogen and oxygen atoms in total. The fourth-order valence-corrected chi connectivity index (χ4v) is 4.28. The van der Waals surface area contributed by atoms with Gasteiger partial charge in [0, 0.05) is 0 Å². The first-order chi connectivity index (χ1) is 7.73. The molecule has 2 unspecified atom stereocenters. The summed E-state index contributed by atoms with van der Waals surface area (Å²) in [6, 6.07) is 0. The van der Waals surface area contributed by atoms with Gasteiger partial charge in [-0.05, 0) is 31.8 Å². The zero-order chi connectivity index (χ0) is 12.8. The van der Waals surface area contributed by atoms with E-state index >= 15 is 0 Å². The van der Waals surface area contributed by atoms with Gasteiger partial charge in [0.15, 0.2) is 0 Å². The molecule has 7 heteroatoms. The molecule has 0 aromatic heterocycles. The van der Waals surface area contributed by atoms with Crippen LogP contribution in [0.25, 0.3) is 0 Å². The van der Waals surface area contributed by atoms with Crippen molar-refractivity contribution >= 4 is 10.1 Å². The minimum absolute atomic E-state index is 0.169. The lowest BCUT2D eigenvalue weighted by atomic mass is 10.0. The molecule has 2 aliphatic rings. The lowest BCUT2D eigenvalue weighted by Gasteiger charge is -2.19. The second-order valence-electron chi connectivity index (χ2n) is 4.42. The van der Waals surface area contributed by atoms with E-state index in [2.05, 4.69) is 4.18 Å². The molecule has 0 aromatic rings. The summed E-state index contributed by atoms with van der Waals surface area (Å²) < 4.78 is 66.6. The topological polar surface area (TPSA) is 43.4 Å². The Balaban J connectivity index is 2.54. The number of alkyl halides is 3. The van der Waals surface area contributed by atoms with Crippen LogP contribution in [0.2, 0.25) is 0 Å². The Morgan fingerprint density at radius 1 is 1.29 bits per heavy atom. The third-order valence-corrected chi connectivity index (χ3v) is 4.88. The first-order valence-electron chi connectivity index (χ1n) is 5.46. The quantitative estimate of drug-likeness (QED) is 0.636. The van der Waals surface area contributed by atoms with Crippen LogP contribution < -0.4 is 0 Å². The number of rotatable bonds is 0. The van der Waals surface area contributed by atoms with Crippen LogP contribution in [0, 0.1) is 5.92 Å². The lowest BCUT2D eigenvalue weighted by molar-refractivity contribution is -0.163. The largest absolute Gasteiger partial charge is 0.396 e. The van der Waals surface area contributed by atoms with Gasteiger partial charge in [-0.3, -0.25) is 4.18 Å². The molecular formula is C10H13F3O3S. The Morgan fingerprint density at radius 3 is 2.53 bits per heavy atom. The van der Waals surface area contributed by atoms with Crippen LogP contribution in [-0.2, 0) is 14.3 Å². The molecule has 0 saturated carbocycles. The van der Waals surface area contributed by atoms with E-state index in [1.54, 1.807) is 0 Å². The van der Waals surface area contributed by atoms with Gasteiger partial charge in [-0.2, -0.15) is 21.6 Å². The Labute approximate surface area is 97.8 Å². The van der Waals surface area contributed by atoms with Gasteiger partial charge in [0.05, 0.1) is 16.9 Å². The van der Waals surface area contributed by atoms with E-state index in [9.17, 15) is 21.6 Å². The van der Waals surface area contributed by atoms with E-state index in [4.69, 9.17) is 0 Å². The molecule has 0 spiro atoms. The van der Waals surface area contributed by atoms with Gasteiger partial charge in [0.25, 0.3) is 10.1 Å². The first kappa shape index (κ1) is 12.9. The van der Waals surface area contributed by atoms with Gasteiger partial charge in [-0.25, -0.2) is 0 Å². The van der Waals surface area contributed by atoms with Crippen LogP contribution in [-0.4, -0.2) is 20.7 Å². The molecule has 0 N–H and O–H groups in total. The summed E-state index contributed by atoms with van der Waals surface area (Å²) in [6.07, 6.45) is -4.10. The van der Waals surface area contributed by atoms with Crippen molar-refractivity contribution in [1.82, 2.24) is 0 Å². The third kappa shape index (κ3) is 2.22. The van der Waals surface area contributed by atoms with E-state index in [-0.39, 0.29) is 6.42 Å². The normalized spacial score (nSPS) is 33.4. The van der Waals surface area contributed by atoms with Crippen LogP contribution in [0.4, 0.5) is 13.2 Å². The Hall–Kier alpha value is -0.560. The Morgan fingerprint density at radius 2 is 1.94 bits per heavy atom. The minimum atomic E-state index is -4.52. The number of hydrogen-bond donors (Lipinski definition) is 0. The smallest absolute Gasteiger partial charge is 0.259 e. The predicted octanol–water partition coefficient (Wildman–Crippen LogP) is 2.74. The number of halogens is 3. The van der Waals surface area contributed by atoms with Crippen molar-refractivity contribution in [2.45, 2.75) is 44.9 Å². The molecule has 98 valence electrons. The summed E-state index contributed by atoms with van der Waals surface area (Å²) in [7, 11) is -4.19. The summed E-state index contributed by atoms with van der Waals surface area (Å²) >= 11 is 0. The summed E-state index contributed by atoms with van der Waals surface area (Å²) in [5, 5.41) is 0. The molecule has 2 atom stereocenters. The van der Waals surface area contributed by atoms with Crippen molar-refractivity contribution in [1.29, 1.82) is 0 Å². The highest BCUT2D eigenvalue weighted by atomic mass is 32.2. The fourth-order valence-electron chi connectivity index (χ4n) is 2.49. The van der Waals surface area contributed by atoms with E-state index < -0.39 is 33.2 Å². The monoisotopic (exact) mass is 270 g/mol. The van der Waals surface area contributed by atoms with Crippen molar-refractivity contribution in [2.75, 3.05) is 0 Å². The van der Waals surface area contributed by atoms with Gasteiger partial charge in [-0.1, -0.05) is 6.42 Å². The predicted molar refractivity (Wildman–Crippen MR) is 54.5 cm³/mol. The van der Waals surface area contributed by atoms with Crippen LogP contribution in [0.3, 0.4) is 0 Å². The van der Waals surface area contributed by atoms with Crippen LogP contribution in [0.15, 0.2) is 10.5 Å². The SMILES string of the molecule is CC1OS(=O)(=O)C2=C1CCCCC2C(F)(F)F. The van der Waals surface area contributed by atoms with Gasteiger partial charge in [0.2, 0.25) is 0 Å². The second-order valence-corrected chi connectivity index (χ2v) is 5.96. The van der Waals surface area contributed by atoms with Crippen molar-refractivity contribution in [3.05, 3.63) is 10.5 Å². The van der Waals surface area contributed by atoms with Crippen molar-refractivity contribution in [3.8, 4) is 0 Å². The van der Waals surface area contributed by atoms with E-state index in [1.807, 2.05) is 0 Å². The summed E-state index contributed by atoms with van der Waals surface area (Å²) in [5.41, 5.74) is 0.310. The summed E-state index contributed by atoms with van der Waals surface area (Å²) in [5.74, 6) is -1.89.